The Labute approximate surface area is 133 Å². The third-order valence-electron chi connectivity index (χ3n) is 2.88. The molecular weight excluding hydrogens is 390 g/mol. The SMILES string of the molecule is CCC(=O)c1c(N)c(C(N)=O)nn1-c1ccc(I)cc1F. The van der Waals surface area contributed by atoms with E-state index in [1.165, 1.54) is 12.1 Å². The third kappa shape index (κ3) is 2.75. The summed E-state index contributed by atoms with van der Waals surface area (Å²) < 4.78 is 15.8. The molecule has 0 aliphatic heterocycles. The number of carbonyl (C=O) groups excluding carboxylic acids is 2. The second-order valence-corrected chi connectivity index (χ2v) is 5.51. The van der Waals surface area contributed by atoms with Crippen LogP contribution in [0.2, 0.25) is 0 Å². The van der Waals surface area contributed by atoms with Crippen LogP contribution in [0.4, 0.5) is 10.1 Å². The van der Waals surface area contributed by atoms with Crippen LogP contribution in [0.25, 0.3) is 5.69 Å². The van der Waals surface area contributed by atoms with E-state index < -0.39 is 11.7 Å². The smallest absolute Gasteiger partial charge is 0.271 e. The molecule has 0 spiro atoms. The molecule has 6 nitrogen and oxygen atoms in total. The van der Waals surface area contributed by atoms with Crippen LogP contribution in [-0.4, -0.2) is 21.5 Å². The number of nitrogen functional groups attached to an aromatic ring is 1. The van der Waals surface area contributed by atoms with E-state index in [1.54, 1.807) is 13.0 Å². The molecule has 0 bridgehead atoms. The van der Waals surface area contributed by atoms with E-state index >= 15 is 0 Å². The molecule has 110 valence electrons. The second kappa shape index (κ2) is 5.80. The van der Waals surface area contributed by atoms with Crippen molar-refractivity contribution in [2.75, 3.05) is 5.73 Å². The van der Waals surface area contributed by atoms with E-state index in [0.717, 1.165) is 4.68 Å². The lowest BCUT2D eigenvalue weighted by Gasteiger charge is -2.08. The molecule has 1 heterocycles. The lowest BCUT2D eigenvalue weighted by Crippen LogP contribution is -2.14. The molecule has 1 aromatic carbocycles. The van der Waals surface area contributed by atoms with Gasteiger partial charge in [-0.25, -0.2) is 9.07 Å². The summed E-state index contributed by atoms with van der Waals surface area (Å²) in [6, 6.07) is 4.40. The predicted molar refractivity (Wildman–Crippen MR) is 83.8 cm³/mol. The number of benzene rings is 1. The van der Waals surface area contributed by atoms with E-state index in [1.807, 2.05) is 22.6 Å². The lowest BCUT2D eigenvalue weighted by molar-refractivity contribution is 0.0978. The van der Waals surface area contributed by atoms with Gasteiger partial charge in [0, 0.05) is 9.99 Å². The van der Waals surface area contributed by atoms with E-state index in [4.69, 9.17) is 11.5 Å². The van der Waals surface area contributed by atoms with Gasteiger partial charge in [0.1, 0.15) is 17.2 Å². The van der Waals surface area contributed by atoms with Crippen molar-refractivity contribution in [1.29, 1.82) is 0 Å². The van der Waals surface area contributed by atoms with Crippen molar-refractivity contribution >= 4 is 40.0 Å². The Hall–Kier alpha value is -1.97. The van der Waals surface area contributed by atoms with Crippen LogP contribution < -0.4 is 11.5 Å². The molecule has 8 heteroatoms. The first-order valence-corrected chi connectivity index (χ1v) is 7.11. The molecule has 0 aliphatic rings. The summed E-state index contributed by atoms with van der Waals surface area (Å²) in [4.78, 5) is 23.4. The molecule has 0 saturated heterocycles. The van der Waals surface area contributed by atoms with Crippen LogP contribution >= 0.6 is 22.6 Å². The van der Waals surface area contributed by atoms with Gasteiger partial charge in [-0.1, -0.05) is 6.92 Å². The molecule has 1 amide bonds. The Bertz CT molecular complexity index is 742. The fourth-order valence-corrected chi connectivity index (χ4v) is 2.33. The average Bonchev–Trinajstić information content (AvgIpc) is 2.75. The Morgan fingerprint density at radius 2 is 2.10 bits per heavy atom. The van der Waals surface area contributed by atoms with E-state index in [9.17, 15) is 14.0 Å². The Balaban J connectivity index is 2.75. The summed E-state index contributed by atoms with van der Waals surface area (Å²) in [5, 5.41) is 3.89. The normalized spacial score (nSPS) is 10.6. The summed E-state index contributed by atoms with van der Waals surface area (Å²) in [5.41, 5.74) is 10.6. The lowest BCUT2D eigenvalue weighted by atomic mass is 10.1. The maximum absolute atomic E-state index is 14.1. The number of hydrogen-bond acceptors (Lipinski definition) is 4. The van der Waals surface area contributed by atoms with Gasteiger partial charge in [-0.2, -0.15) is 5.10 Å². The predicted octanol–water partition coefficient (Wildman–Crippen LogP) is 1.89. The van der Waals surface area contributed by atoms with Gasteiger partial charge in [0.05, 0.1) is 5.69 Å². The van der Waals surface area contributed by atoms with Gasteiger partial charge in [-0.05, 0) is 40.8 Å². The van der Waals surface area contributed by atoms with E-state index in [2.05, 4.69) is 5.10 Å². The number of Topliss-reactive ketones (excluding diaryl/α,β-unsaturated/α-hetero) is 1. The van der Waals surface area contributed by atoms with E-state index in [-0.39, 0.29) is 35.0 Å². The highest BCUT2D eigenvalue weighted by molar-refractivity contribution is 14.1. The molecule has 2 rings (SSSR count). The minimum atomic E-state index is -0.873. The average molecular weight is 402 g/mol. The first kappa shape index (κ1) is 15.4. The highest BCUT2D eigenvalue weighted by Gasteiger charge is 2.25. The monoisotopic (exact) mass is 402 g/mol. The minimum absolute atomic E-state index is 0.0337. The highest BCUT2D eigenvalue weighted by atomic mass is 127. The molecule has 0 fully saturated rings. The number of halogens is 2. The Kier molecular flexibility index (Phi) is 4.26. The van der Waals surface area contributed by atoms with Crippen molar-refractivity contribution in [2.45, 2.75) is 13.3 Å². The van der Waals surface area contributed by atoms with Crippen molar-refractivity contribution in [3.8, 4) is 5.69 Å². The molecule has 1 aromatic heterocycles. The van der Waals surface area contributed by atoms with Crippen LogP contribution in [0.5, 0.6) is 0 Å². The summed E-state index contributed by atoms with van der Waals surface area (Å²) in [6.07, 6.45) is 0.139. The molecule has 4 N–H and O–H groups in total. The molecule has 0 atom stereocenters. The molecule has 0 radical (unpaired) electrons. The van der Waals surface area contributed by atoms with Gasteiger partial charge < -0.3 is 11.5 Å². The number of nitrogens with zero attached hydrogens (tertiary/aromatic N) is 2. The molecule has 0 aliphatic carbocycles. The Morgan fingerprint density at radius 3 is 2.62 bits per heavy atom. The van der Waals surface area contributed by atoms with Crippen LogP contribution in [0.3, 0.4) is 0 Å². The maximum atomic E-state index is 14.1. The second-order valence-electron chi connectivity index (χ2n) is 4.26. The quantitative estimate of drug-likeness (QED) is 0.602. The molecule has 0 unspecified atom stereocenters. The van der Waals surface area contributed by atoms with Crippen LogP contribution in [0, 0.1) is 9.39 Å². The summed E-state index contributed by atoms with van der Waals surface area (Å²) in [5.74, 6) is -1.81. The zero-order chi connectivity index (χ0) is 15.7. The topological polar surface area (TPSA) is 104 Å². The third-order valence-corrected chi connectivity index (χ3v) is 3.55. The van der Waals surface area contributed by atoms with Crippen molar-refractivity contribution in [2.24, 2.45) is 5.73 Å². The van der Waals surface area contributed by atoms with Crippen LogP contribution in [0.1, 0.15) is 34.3 Å². The largest absolute Gasteiger partial charge is 0.395 e. The van der Waals surface area contributed by atoms with Gasteiger partial charge in [0.15, 0.2) is 11.5 Å². The highest BCUT2D eigenvalue weighted by Crippen LogP contribution is 2.25. The van der Waals surface area contributed by atoms with Crippen LogP contribution in [-0.2, 0) is 0 Å². The fourth-order valence-electron chi connectivity index (χ4n) is 1.88. The summed E-state index contributed by atoms with van der Waals surface area (Å²) in [7, 11) is 0. The number of aromatic nitrogens is 2. The number of hydrogen-bond donors (Lipinski definition) is 2. The Morgan fingerprint density at radius 1 is 1.43 bits per heavy atom. The van der Waals surface area contributed by atoms with Crippen molar-refractivity contribution in [3.63, 3.8) is 0 Å². The van der Waals surface area contributed by atoms with Gasteiger partial charge in [-0.3, -0.25) is 9.59 Å². The van der Waals surface area contributed by atoms with Crippen molar-refractivity contribution in [3.05, 3.63) is 39.0 Å². The fraction of sp³-hybridized carbons (Fsp3) is 0.154. The zero-order valence-corrected chi connectivity index (χ0v) is 13.2. The van der Waals surface area contributed by atoms with E-state index in [0.29, 0.717) is 3.57 Å². The summed E-state index contributed by atoms with van der Waals surface area (Å²) >= 11 is 1.96. The molecule has 21 heavy (non-hydrogen) atoms. The minimum Gasteiger partial charge on any atom is -0.395 e. The number of carbonyl (C=O) groups is 2. The number of amides is 1. The summed E-state index contributed by atoms with van der Waals surface area (Å²) in [6.45, 7) is 1.63. The molecular formula is C13H12FIN4O2. The number of nitrogens with two attached hydrogens (primary N) is 2. The number of ketones is 1. The number of primary amides is 1. The standard InChI is InChI=1S/C13H12FIN4O2/c1-2-9(20)12-10(16)11(13(17)21)18-19(12)8-4-3-6(15)5-7(8)14/h3-5H,2,16H2,1H3,(H2,17,21). The van der Waals surface area contributed by atoms with Crippen molar-refractivity contribution < 1.29 is 14.0 Å². The zero-order valence-electron chi connectivity index (χ0n) is 11.1. The van der Waals surface area contributed by atoms with Gasteiger partial charge in [0.25, 0.3) is 5.91 Å². The van der Waals surface area contributed by atoms with Gasteiger partial charge in [0.2, 0.25) is 0 Å². The first-order chi connectivity index (χ1) is 9.86. The van der Waals surface area contributed by atoms with Gasteiger partial charge in [-0.15, -0.1) is 0 Å². The van der Waals surface area contributed by atoms with Crippen molar-refractivity contribution in [1.82, 2.24) is 9.78 Å². The van der Waals surface area contributed by atoms with Gasteiger partial charge >= 0.3 is 0 Å². The van der Waals surface area contributed by atoms with Crippen LogP contribution in [0.15, 0.2) is 18.2 Å². The first-order valence-electron chi connectivity index (χ1n) is 6.03. The molecule has 2 aromatic rings. The number of rotatable bonds is 4. The maximum Gasteiger partial charge on any atom is 0.271 e. The molecule has 0 saturated carbocycles. The number of anilines is 1.